The lowest BCUT2D eigenvalue weighted by Gasteiger charge is -2.28. The van der Waals surface area contributed by atoms with Gasteiger partial charge < -0.3 is 10.4 Å². The van der Waals surface area contributed by atoms with Gasteiger partial charge in [0.25, 0.3) is 0 Å². The minimum absolute atomic E-state index is 0.0308. The third-order valence-corrected chi connectivity index (χ3v) is 4.72. The Morgan fingerprint density at radius 2 is 1.91 bits per heavy atom. The van der Waals surface area contributed by atoms with E-state index in [1.807, 2.05) is 0 Å². The minimum Gasteiger partial charge on any atom is -0.481 e. The van der Waals surface area contributed by atoms with Crippen molar-refractivity contribution in [3.05, 3.63) is 5.82 Å². The average molecular weight is 307 g/mol. The Balaban J connectivity index is 1.60. The number of aryl methyl sites for hydroxylation is 1. The Morgan fingerprint density at radius 1 is 1.14 bits per heavy atom. The monoisotopic (exact) mass is 307 g/mol. The third kappa shape index (κ3) is 3.10. The van der Waals surface area contributed by atoms with Crippen LogP contribution >= 0.6 is 0 Å². The molecule has 0 aromatic carbocycles. The second kappa shape index (κ2) is 6.41. The molecule has 2 N–H and O–H groups in total. The summed E-state index contributed by atoms with van der Waals surface area (Å²) in [6.07, 6.45) is 5.41. The van der Waals surface area contributed by atoms with Gasteiger partial charge in [0.1, 0.15) is 0 Å². The molecule has 0 spiro atoms. The summed E-state index contributed by atoms with van der Waals surface area (Å²) in [4.78, 5) is 23.5. The average Bonchev–Trinajstić information content (AvgIpc) is 2.87. The molecular weight excluding hydrogens is 286 g/mol. The molecule has 1 unspecified atom stereocenters. The zero-order valence-electron chi connectivity index (χ0n) is 12.4. The van der Waals surface area contributed by atoms with Crippen molar-refractivity contribution in [2.45, 2.75) is 63.5 Å². The van der Waals surface area contributed by atoms with Crippen molar-refractivity contribution >= 4 is 11.9 Å². The lowest BCUT2D eigenvalue weighted by molar-refractivity contribution is -0.142. The fourth-order valence-corrected chi connectivity index (χ4v) is 3.39. The van der Waals surface area contributed by atoms with Crippen molar-refractivity contribution in [3.8, 4) is 0 Å². The number of carbonyl (C=O) groups is 2. The normalized spacial score (nSPS) is 28.5. The highest BCUT2D eigenvalue weighted by molar-refractivity contribution is 5.83. The summed E-state index contributed by atoms with van der Waals surface area (Å²) in [6.45, 7) is 0.760. The molecule has 1 aliphatic carbocycles. The quantitative estimate of drug-likeness (QED) is 0.850. The number of carboxylic acid groups (broad SMARTS) is 1. The van der Waals surface area contributed by atoms with Gasteiger partial charge in [0.05, 0.1) is 11.8 Å². The van der Waals surface area contributed by atoms with Crippen LogP contribution in [0.25, 0.3) is 0 Å². The number of rotatable bonds is 3. The van der Waals surface area contributed by atoms with Crippen molar-refractivity contribution in [1.82, 2.24) is 25.5 Å². The smallest absolute Gasteiger partial charge is 0.306 e. The maximum atomic E-state index is 12.6. The predicted molar refractivity (Wildman–Crippen MR) is 75.9 cm³/mol. The van der Waals surface area contributed by atoms with Gasteiger partial charge in [-0.25, -0.2) is 4.68 Å². The van der Waals surface area contributed by atoms with E-state index >= 15 is 0 Å². The highest BCUT2D eigenvalue weighted by Crippen LogP contribution is 2.27. The van der Waals surface area contributed by atoms with Crippen LogP contribution in [0.1, 0.15) is 56.7 Å². The first kappa shape index (κ1) is 14.9. The van der Waals surface area contributed by atoms with Crippen LogP contribution in [0.4, 0.5) is 0 Å². The fraction of sp³-hybridized carbons (Fsp3) is 0.786. The number of carbonyl (C=O) groups excluding carboxylic acids is 1. The van der Waals surface area contributed by atoms with Gasteiger partial charge >= 0.3 is 5.97 Å². The second-order valence-electron chi connectivity index (χ2n) is 6.20. The maximum absolute atomic E-state index is 12.6. The fourth-order valence-electron chi connectivity index (χ4n) is 3.39. The Hall–Kier alpha value is -1.99. The Labute approximate surface area is 128 Å². The summed E-state index contributed by atoms with van der Waals surface area (Å²) in [7, 11) is 0. The van der Waals surface area contributed by atoms with Crippen LogP contribution in [0.2, 0.25) is 0 Å². The van der Waals surface area contributed by atoms with Crippen molar-refractivity contribution < 1.29 is 14.7 Å². The molecule has 1 aromatic heterocycles. The SMILES string of the molecule is O=C(O)C1CCC(NC(=O)C2CCCCn3nnnc32)CC1. The van der Waals surface area contributed by atoms with Crippen LogP contribution in [-0.4, -0.2) is 43.2 Å². The molecule has 120 valence electrons. The number of tetrazole rings is 1. The maximum Gasteiger partial charge on any atom is 0.306 e. The van der Waals surface area contributed by atoms with Crippen LogP contribution in [0.3, 0.4) is 0 Å². The van der Waals surface area contributed by atoms with E-state index in [2.05, 4.69) is 20.8 Å². The molecule has 8 heteroatoms. The van der Waals surface area contributed by atoms with Crippen LogP contribution in [0, 0.1) is 5.92 Å². The topological polar surface area (TPSA) is 110 Å². The van der Waals surface area contributed by atoms with Gasteiger partial charge in [-0.2, -0.15) is 0 Å². The number of amides is 1. The van der Waals surface area contributed by atoms with Crippen molar-refractivity contribution in [2.75, 3.05) is 0 Å². The zero-order valence-corrected chi connectivity index (χ0v) is 12.4. The standard InChI is InChI=1S/C14H21N5O3/c20-13(15-10-6-4-9(5-7-10)14(21)22)11-3-1-2-8-19-12(11)16-17-18-19/h9-11H,1-8H2,(H,15,20)(H,21,22). The van der Waals surface area contributed by atoms with Gasteiger partial charge in [0.15, 0.2) is 5.82 Å². The molecule has 1 aliphatic heterocycles. The molecule has 8 nitrogen and oxygen atoms in total. The predicted octanol–water partition coefficient (Wildman–Crippen LogP) is 0.700. The first-order chi connectivity index (χ1) is 10.6. The van der Waals surface area contributed by atoms with E-state index in [0.717, 1.165) is 38.6 Å². The van der Waals surface area contributed by atoms with Crippen molar-refractivity contribution in [3.63, 3.8) is 0 Å². The minimum atomic E-state index is -0.729. The van der Waals surface area contributed by atoms with Crippen LogP contribution in [0.5, 0.6) is 0 Å². The van der Waals surface area contributed by atoms with E-state index in [9.17, 15) is 9.59 Å². The van der Waals surface area contributed by atoms with Crippen LogP contribution < -0.4 is 5.32 Å². The second-order valence-corrected chi connectivity index (χ2v) is 6.20. The molecule has 1 amide bonds. The third-order valence-electron chi connectivity index (χ3n) is 4.72. The van der Waals surface area contributed by atoms with Gasteiger partial charge in [-0.1, -0.05) is 6.42 Å². The summed E-state index contributed by atoms with van der Waals surface area (Å²) in [5.41, 5.74) is 0. The number of nitrogens with zero attached hydrogens (tertiary/aromatic N) is 4. The van der Waals surface area contributed by atoms with E-state index in [1.54, 1.807) is 4.68 Å². The number of fused-ring (bicyclic) bond motifs is 1. The first-order valence-corrected chi connectivity index (χ1v) is 7.94. The number of carboxylic acids is 1. The molecule has 1 saturated carbocycles. The van der Waals surface area contributed by atoms with Gasteiger partial charge in [0, 0.05) is 12.6 Å². The van der Waals surface area contributed by atoms with Gasteiger partial charge in [-0.15, -0.1) is 5.10 Å². The molecule has 0 radical (unpaired) electrons. The lowest BCUT2D eigenvalue weighted by Crippen LogP contribution is -2.41. The van der Waals surface area contributed by atoms with Crippen LogP contribution in [-0.2, 0) is 16.1 Å². The summed E-state index contributed by atoms with van der Waals surface area (Å²) >= 11 is 0. The molecule has 3 rings (SSSR count). The Bertz CT molecular complexity index is 550. The Morgan fingerprint density at radius 3 is 2.64 bits per heavy atom. The van der Waals surface area contributed by atoms with Crippen molar-refractivity contribution in [2.24, 2.45) is 5.92 Å². The zero-order chi connectivity index (χ0) is 15.5. The molecule has 1 aromatic rings. The largest absolute Gasteiger partial charge is 0.481 e. The van der Waals surface area contributed by atoms with Gasteiger partial charge in [0.2, 0.25) is 5.91 Å². The number of nitrogens with one attached hydrogen (secondary N) is 1. The van der Waals surface area contributed by atoms with Crippen LogP contribution in [0.15, 0.2) is 0 Å². The van der Waals surface area contributed by atoms with E-state index < -0.39 is 5.97 Å². The van der Waals surface area contributed by atoms with E-state index in [-0.39, 0.29) is 23.8 Å². The van der Waals surface area contributed by atoms with Gasteiger partial charge in [-0.05, 0) is 49.0 Å². The number of aliphatic carboxylic acids is 1. The van der Waals surface area contributed by atoms with E-state index in [4.69, 9.17) is 5.11 Å². The summed E-state index contributed by atoms with van der Waals surface area (Å²) in [5, 5.41) is 23.7. The summed E-state index contributed by atoms with van der Waals surface area (Å²) in [5.74, 6) is -0.674. The molecular formula is C14H21N5O3. The van der Waals surface area contributed by atoms with E-state index in [1.165, 1.54) is 0 Å². The number of hydrogen-bond acceptors (Lipinski definition) is 5. The van der Waals surface area contributed by atoms with E-state index in [0.29, 0.717) is 18.7 Å². The molecule has 2 aliphatic rings. The number of hydrogen-bond donors (Lipinski definition) is 2. The van der Waals surface area contributed by atoms with Gasteiger partial charge in [-0.3, -0.25) is 9.59 Å². The summed E-state index contributed by atoms with van der Waals surface area (Å²) in [6, 6.07) is 0.0654. The highest BCUT2D eigenvalue weighted by atomic mass is 16.4. The molecule has 1 atom stereocenters. The Kier molecular flexibility index (Phi) is 4.35. The molecule has 0 saturated heterocycles. The first-order valence-electron chi connectivity index (χ1n) is 7.94. The summed E-state index contributed by atoms with van der Waals surface area (Å²) < 4.78 is 1.72. The molecule has 22 heavy (non-hydrogen) atoms. The highest BCUT2D eigenvalue weighted by Gasteiger charge is 2.32. The molecule has 2 heterocycles. The molecule has 0 bridgehead atoms. The lowest BCUT2D eigenvalue weighted by atomic mass is 9.86. The van der Waals surface area contributed by atoms with Crippen molar-refractivity contribution in [1.29, 1.82) is 0 Å². The number of aromatic nitrogens is 4. The molecule has 1 fully saturated rings.